The van der Waals surface area contributed by atoms with Crippen LogP contribution in [-0.4, -0.2) is 22.1 Å². The minimum atomic E-state index is 0.758. The van der Waals surface area contributed by atoms with Crippen molar-refractivity contribution in [3.63, 3.8) is 0 Å². The lowest BCUT2D eigenvalue weighted by atomic mass is 10.1. The maximum atomic E-state index is 5.14. The Bertz CT molecular complexity index is 686. The number of nitrogens with one attached hydrogen (secondary N) is 1. The van der Waals surface area contributed by atoms with Gasteiger partial charge in [0.2, 0.25) is 0 Å². The summed E-state index contributed by atoms with van der Waals surface area (Å²) in [4.78, 5) is 11.8. The molecule has 0 atom stereocenters. The highest BCUT2D eigenvalue weighted by Crippen LogP contribution is 2.28. The third-order valence-electron chi connectivity index (χ3n) is 2.91. The number of hydrogen-bond acceptors (Lipinski definition) is 3. The van der Waals surface area contributed by atoms with Crippen molar-refractivity contribution >= 4 is 11.2 Å². The molecule has 18 heavy (non-hydrogen) atoms. The third kappa shape index (κ3) is 1.62. The van der Waals surface area contributed by atoms with Crippen LogP contribution in [0.3, 0.4) is 0 Å². The van der Waals surface area contributed by atoms with Gasteiger partial charge in [-0.15, -0.1) is 0 Å². The van der Waals surface area contributed by atoms with Crippen molar-refractivity contribution in [3.05, 3.63) is 49.1 Å². The highest BCUT2D eigenvalue weighted by atomic mass is 16.5. The van der Waals surface area contributed by atoms with E-state index in [9.17, 15) is 0 Å². The first-order valence-corrected chi connectivity index (χ1v) is 5.58. The second-order valence-corrected chi connectivity index (χ2v) is 3.96. The van der Waals surface area contributed by atoms with Gasteiger partial charge >= 0.3 is 0 Å². The number of fused-ring (bicyclic) bond motifs is 1. The minimum absolute atomic E-state index is 0.758. The number of aromatic nitrogens is 3. The van der Waals surface area contributed by atoms with Crippen molar-refractivity contribution in [1.82, 2.24) is 15.0 Å². The van der Waals surface area contributed by atoms with Gasteiger partial charge in [0.1, 0.15) is 11.3 Å². The summed E-state index contributed by atoms with van der Waals surface area (Å²) in [5, 5.41) is 0. The van der Waals surface area contributed by atoms with Crippen LogP contribution in [0.15, 0.2) is 36.7 Å². The molecule has 4 heteroatoms. The summed E-state index contributed by atoms with van der Waals surface area (Å²) in [7, 11) is 1.65. The molecule has 4 nitrogen and oxygen atoms in total. The second-order valence-electron chi connectivity index (χ2n) is 3.96. The van der Waals surface area contributed by atoms with Gasteiger partial charge in [-0.3, -0.25) is 4.98 Å². The molecule has 0 spiro atoms. The van der Waals surface area contributed by atoms with Crippen molar-refractivity contribution in [2.75, 3.05) is 7.11 Å². The summed E-state index contributed by atoms with van der Waals surface area (Å²) in [6, 6.07) is 7.80. The molecule has 3 aromatic rings. The van der Waals surface area contributed by atoms with Crippen LogP contribution < -0.4 is 4.74 Å². The van der Waals surface area contributed by atoms with Crippen LogP contribution in [0.1, 0.15) is 5.56 Å². The van der Waals surface area contributed by atoms with Gasteiger partial charge in [-0.25, -0.2) is 4.98 Å². The Hall–Kier alpha value is -2.36. The van der Waals surface area contributed by atoms with E-state index >= 15 is 0 Å². The lowest BCUT2D eigenvalue weighted by Gasteiger charge is -2.02. The Morgan fingerprint density at radius 1 is 1.11 bits per heavy atom. The predicted molar refractivity (Wildman–Crippen MR) is 70.3 cm³/mol. The van der Waals surface area contributed by atoms with E-state index in [0.717, 1.165) is 33.7 Å². The van der Waals surface area contributed by atoms with Gasteiger partial charge in [0.25, 0.3) is 0 Å². The zero-order valence-corrected chi connectivity index (χ0v) is 9.97. The lowest BCUT2D eigenvalue weighted by Crippen LogP contribution is -1.84. The average Bonchev–Trinajstić information content (AvgIpc) is 2.77. The average molecular weight is 238 g/mol. The molecule has 0 aliphatic carbocycles. The number of methoxy groups -OCH3 is 1. The molecule has 2 heterocycles. The topological polar surface area (TPSA) is 50.8 Å². The number of hydrogen-bond donors (Lipinski definition) is 1. The Balaban J connectivity index is 2.15. The summed E-state index contributed by atoms with van der Waals surface area (Å²) < 4.78 is 5.14. The van der Waals surface area contributed by atoms with Gasteiger partial charge in [-0.2, -0.15) is 0 Å². The maximum Gasteiger partial charge on any atom is 0.156 e. The number of rotatable bonds is 2. The van der Waals surface area contributed by atoms with Crippen LogP contribution >= 0.6 is 0 Å². The molecule has 89 valence electrons. The van der Waals surface area contributed by atoms with Crippen LogP contribution in [0, 0.1) is 6.92 Å². The van der Waals surface area contributed by atoms with Crippen LogP contribution in [0.4, 0.5) is 0 Å². The van der Waals surface area contributed by atoms with Crippen molar-refractivity contribution in [3.8, 4) is 17.0 Å². The number of aromatic amines is 1. The first-order chi connectivity index (χ1) is 8.79. The van der Waals surface area contributed by atoms with Gasteiger partial charge in [-0.1, -0.05) is 0 Å². The van der Waals surface area contributed by atoms with Gasteiger partial charge < -0.3 is 9.72 Å². The smallest absolute Gasteiger partial charge is 0.156 e. The highest BCUT2D eigenvalue weighted by molar-refractivity contribution is 5.86. The largest absolute Gasteiger partial charge is 0.497 e. The lowest BCUT2D eigenvalue weighted by molar-refractivity contribution is 0.415. The van der Waals surface area contributed by atoms with E-state index in [1.54, 1.807) is 19.5 Å². The molecule has 1 N–H and O–H groups in total. The molecule has 1 aromatic carbocycles. The summed E-state index contributed by atoms with van der Waals surface area (Å²) in [6.07, 6.45) is 3.33. The van der Waals surface area contributed by atoms with E-state index in [4.69, 9.17) is 4.74 Å². The molecule has 0 aliphatic rings. The molecule has 0 unspecified atom stereocenters. The predicted octanol–water partition coefficient (Wildman–Crippen LogP) is 2.82. The number of ether oxygens (including phenoxy) is 1. The highest BCUT2D eigenvalue weighted by Gasteiger charge is 2.10. The maximum absolute atomic E-state index is 5.14. The van der Waals surface area contributed by atoms with E-state index < -0.39 is 0 Å². The Labute approximate surface area is 105 Å². The van der Waals surface area contributed by atoms with Gasteiger partial charge in [0, 0.05) is 18.0 Å². The second kappa shape index (κ2) is 4.14. The molecule has 0 amide bonds. The normalized spacial score (nSPS) is 10.8. The van der Waals surface area contributed by atoms with Crippen molar-refractivity contribution in [1.29, 1.82) is 0 Å². The van der Waals surface area contributed by atoms with E-state index in [1.165, 1.54) is 0 Å². The molecular weight excluding hydrogens is 226 g/mol. The molecule has 0 aliphatic heterocycles. The van der Waals surface area contributed by atoms with Crippen LogP contribution in [0.5, 0.6) is 5.75 Å². The molecule has 0 saturated carbocycles. The Morgan fingerprint density at radius 2 is 1.83 bits per heavy atom. The Kier molecular flexibility index (Phi) is 2.48. The summed E-state index contributed by atoms with van der Waals surface area (Å²) in [5.41, 5.74) is 4.42. The molecule has 1 radical (unpaired) electrons. The molecule has 2 aromatic heterocycles. The number of benzene rings is 1. The molecular formula is C14H12N3O. The van der Waals surface area contributed by atoms with E-state index in [1.807, 2.05) is 24.3 Å². The zero-order chi connectivity index (χ0) is 12.5. The van der Waals surface area contributed by atoms with Crippen molar-refractivity contribution in [2.45, 2.75) is 0 Å². The Morgan fingerprint density at radius 3 is 2.50 bits per heavy atom. The van der Waals surface area contributed by atoms with E-state index in [0.29, 0.717) is 0 Å². The monoisotopic (exact) mass is 238 g/mol. The summed E-state index contributed by atoms with van der Waals surface area (Å²) >= 11 is 0. The van der Waals surface area contributed by atoms with Crippen LogP contribution in [0.2, 0.25) is 0 Å². The third-order valence-corrected chi connectivity index (χ3v) is 2.91. The standard InChI is InChI=1S/C14H12N3O/c1-9-12(10-3-5-11(18-2)6-4-10)17-14-13(9)15-7-8-16-14/h3-8H,1H2,2H3,(H,16,17). The first-order valence-electron chi connectivity index (χ1n) is 5.58. The fourth-order valence-corrected chi connectivity index (χ4v) is 1.97. The van der Waals surface area contributed by atoms with E-state index in [-0.39, 0.29) is 0 Å². The zero-order valence-electron chi connectivity index (χ0n) is 9.97. The summed E-state index contributed by atoms with van der Waals surface area (Å²) in [6.45, 7) is 4.06. The SMILES string of the molecule is [CH2]c1c(-c2ccc(OC)cc2)[nH]c2nccnc12. The summed E-state index contributed by atoms with van der Waals surface area (Å²) in [5.74, 6) is 0.830. The molecule has 3 rings (SSSR count). The minimum Gasteiger partial charge on any atom is -0.497 e. The van der Waals surface area contributed by atoms with E-state index in [2.05, 4.69) is 21.9 Å². The molecule has 0 bridgehead atoms. The molecule has 0 saturated heterocycles. The molecule has 0 fully saturated rings. The first kappa shape index (κ1) is 10.8. The van der Waals surface area contributed by atoms with Crippen LogP contribution in [0.25, 0.3) is 22.4 Å². The van der Waals surface area contributed by atoms with Crippen molar-refractivity contribution < 1.29 is 4.74 Å². The van der Waals surface area contributed by atoms with Crippen LogP contribution in [-0.2, 0) is 0 Å². The van der Waals surface area contributed by atoms with Gasteiger partial charge in [0.15, 0.2) is 5.65 Å². The fourth-order valence-electron chi connectivity index (χ4n) is 1.97. The van der Waals surface area contributed by atoms with Crippen molar-refractivity contribution in [2.24, 2.45) is 0 Å². The quantitative estimate of drug-likeness (QED) is 0.746. The number of H-pyrrole nitrogens is 1. The number of nitrogens with zero attached hydrogens (tertiary/aromatic N) is 2. The van der Waals surface area contributed by atoms with Gasteiger partial charge in [0.05, 0.1) is 12.8 Å². The van der Waals surface area contributed by atoms with Gasteiger partial charge in [-0.05, 0) is 36.8 Å². The fraction of sp³-hybridized carbons (Fsp3) is 0.0714.